The van der Waals surface area contributed by atoms with Gasteiger partial charge in [0.2, 0.25) is 0 Å². The molecule has 32 heavy (non-hydrogen) atoms. The number of nitriles is 1. The predicted octanol–water partition coefficient (Wildman–Crippen LogP) is 7.04. The third-order valence-corrected chi connectivity index (χ3v) is 5.57. The van der Waals surface area contributed by atoms with Crippen molar-refractivity contribution in [2.24, 2.45) is 0 Å². The van der Waals surface area contributed by atoms with E-state index in [1.807, 2.05) is 57.2 Å². The van der Waals surface area contributed by atoms with Crippen LogP contribution < -0.4 is 10.1 Å². The molecule has 4 nitrogen and oxygen atoms in total. The van der Waals surface area contributed by atoms with Crippen LogP contribution in [0.3, 0.4) is 0 Å². The molecule has 0 atom stereocenters. The van der Waals surface area contributed by atoms with Gasteiger partial charge in [0.1, 0.15) is 24.0 Å². The molecular formula is C26H22Cl2N2O2. The summed E-state index contributed by atoms with van der Waals surface area (Å²) in [6.07, 6.45) is 1.58. The first kappa shape index (κ1) is 23.4. The van der Waals surface area contributed by atoms with Gasteiger partial charge < -0.3 is 10.1 Å². The van der Waals surface area contributed by atoms with E-state index in [0.717, 1.165) is 33.6 Å². The van der Waals surface area contributed by atoms with Gasteiger partial charge in [-0.15, -0.1) is 0 Å². The second-order valence-electron chi connectivity index (χ2n) is 7.51. The van der Waals surface area contributed by atoms with Crippen molar-refractivity contribution in [2.75, 3.05) is 5.32 Å². The first-order chi connectivity index (χ1) is 15.3. The number of benzene rings is 3. The minimum absolute atomic E-state index is 0.0221. The molecule has 162 valence electrons. The molecule has 0 saturated carbocycles. The number of anilines is 1. The number of carbonyl (C=O) groups is 1. The summed E-state index contributed by atoms with van der Waals surface area (Å²) in [6, 6.07) is 18.5. The minimum Gasteiger partial charge on any atom is -0.488 e. The predicted molar refractivity (Wildman–Crippen MR) is 130 cm³/mol. The summed E-state index contributed by atoms with van der Waals surface area (Å²) in [5.74, 6) is 0.294. The van der Waals surface area contributed by atoms with Crippen LogP contribution in [0.4, 0.5) is 5.69 Å². The van der Waals surface area contributed by atoms with Gasteiger partial charge in [-0.3, -0.25) is 4.79 Å². The third kappa shape index (κ3) is 5.91. The Labute approximate surface area is 198 Å². The lowest BCUT2D eigenvalue weighted by molar-refractivity contribution is -0.112. The summed E-state index contributed by atoms with van der Waals surface area (Å²) in [5.41, 5.74) is 5.19. The van der Waals surface area contributed by atoms with Crippen molar-refractivity contribution >= 4 is 40.9 Å². The van der Waals surface area contributed by atoms with E-state index in [0.29, 0.717) is 22.3 Å². The quantitative estimate of drug-likeness (QED) is 0.314. The zero-order valence-corrected chi connectivity index (χ0v) is 19.5. The van der Waals surface area contributed by atoms with E-state index in [1.165, 1.54) is 0 Å². The van der Waals surface area contributed by atoms with Crippen LogP contribution in [0.15, 0.2) is 60.2 Å². The van der Waals surface area contributed by atoms with Crippen LogP contribution in [0.5, 0.6) is 5.75 Å². The molecule has 0 saturated heterocycles. The Balaban J connectivity index is 1.76. The highest BCUT2D eigenvalue weighted by atomic mass is 35.5. The molecule has 0 unspecified atom stereocenters. The summed E-state index contributed by atoms with van der Waals surface area (Å²) in [7, 11) is 0. The van der Waals surface area contributed by atoms with E-state index in [-0.39, 0.29) is 5.57 Å². The largest absolute Gasteiger partial charge is 0.488 e. The average molecular weight is 465 g/mol. The first-order valence-corrected chi connectivity index (χ1v) is 10.7. The van der Waals surface area contributed by atoms with E-state index in [2.05, 4.69) is 5.32 Å². The highest BCUT2D eigenvalue weighted by Crippen LogP contribution is 2.28. The first-order valence-electron chi connectivity index (χ1n) is 9.94. The number of hydrogen-bond acceptors (Lipinski definition) is 3. The molecule has 0 radical (unpaired) electrons. The molecular weight excluding hydrogens is 443 g/mol. The molecule has 0 fully saturated rings. The fourth-order valence-electron chi connectivity index (χ4n) is 3.23. The van der Waals surface area contributed by atoms with E-state index in [9.17, 15) is 10.1 Å². The Morgan fingerprint density at radius 3 is 2.25 bits per heavy atom. The van der Waals surface area contributed by atoms with Gasteiger partial charge >= 0.3 is 0 Å². The molecule has 0 heterocycles. The number of nitrogens with zero attached hydrogens (tertiary/aromatic N) is 1. The van der Waals surface area contributed by atoms with Crippen LogP contribution in [0.2, 0.25) is 10.0 Å². The van der Waals surface area contributed by atoms with Crippen molar-refractivity contribution in [1.29, 1.82) is 5.26 Å². The second kappa shape index (κ2) is 10.4. The van der Waals surface area contributed by atoms with Crippen molar-refractivity contribution < 1.29 is 9.53 Å². The van der Waals surface area contributed by atoms with Crippen molar-refractivity contribution in [3.63, 3.8) is 0 Å². The van der Waals surface area contributed by atoms with Crippen LogP contribution in [0.1, 0.15) is 27.8 Å². The van der Waals surface area contributed by atoms with Crippen LogP contribution in [-0.4, -0.2) is 5.91 Å². The number of hydrogen-bond donors (Lipinski definition) is 1. The lowest BCUT2D eigenvalue weighted by atomic mass is 10.0. The number of halogens is 2. The molecule has 6 heteroatoms. The van der Waals surface area contributed by atoms with Crippen LogP contribution >= 0.6 is 23.2 Å². The zero-order chi connectivity index (χ0) is 23.3. The molecule has 3 aromatic carbocycles. The smallest absolute Gasteiger partial charge is 0.266 e. The van der Waals surface area contributed by atoms with Gasteiger partial charge in [-0.05, 0) is 85.5 Å². The van der Waals surface area contributed by atoms with Crippen LogP contribution in [0, 0.1) is 32.1 Å². The number of ether oxygens (including phenoxy) is 1. The summed E-state index contributed by atoms with van der Waals surface area (Å²) in [4.78, 5) is 12.5. The fraction of sp³-hybridized carbons (Fsp3) is 0.154. The Bertz CT molecular complexity index is 1200. The highest BCUT2D eigenvalue weighted by Gasteiger charge is 2.12. The van der Waals surface area contributed by atoms with Gasteiger partial charge in [0.25, 0.3) is 5.91 Å². The van der Waals surface area contributed by atoms with Crippen molar-refractivity contribution in [3.8, 4) is 11.8 Å². The Morgan fingerprint density at radius 2 is 1.66 bits per heavy atom. The molecule has 0 bridgehead atoms. The molecule has 0 aliphatic rings. The maximum absolute atomic E-state index is 12.5. The second-order valence-corrected chi connectivity index (χ2v) is 8.33. The van der Waals surface area contributed by atoms with E-state index in [1.54, 1.807) is 30.3 Å². The van der Waals surface area contributed by atoms with Crippen molar-refractivity contribution in [2.45, 2.75) is 27.4 Å². The zero-order valence-electron chi connectivity index (χ0n) is 18.0. The summed E-state index contributed by atoms with van der Waals surface area (Å²) in [6.45, 7) is 6.16. The topological polar surface area (TPSA) is 62.1 Å². The number of carbonyl (C=O) groups excluding carboxylic acids is 1. The lowest BCUT2D eigenvalue weighted by Crippen LogP contribution is -2.13. The average Bonchev–Trinajstić information content (AvgIpc) is 2.75. The van der Waals surface area contributed by atoms with Crippen molar-refractivity contribution in [1.82, 2.24) is 0 Å². The molecule has 1 N–H and O–H groups in total. The Kier molecular flexibility index (Phi) is 7.58. The molecule has 0 aromatic heterocycles. The van der Waals surface area contributed by atoms with Gasteiger partial charge in [-0.2, -0.15) is 5.26 Å². The van der Waals surface area contributed by atoms with Gasteiger partial charge in [-0.25, -0.2) is 0 Å². The van der Waals surface area contributed by atoms with Gasteiger partial charge in [0, 0.05) is 5.69 Å². The van der Waals surface area contributed by atoms with Gasteiger partial charge in [-0.1, -0.05) is 47.0 Å². The van der Waals surface area contributed by atoms with Gasteiger partial charge in [0.15, 0.2) is 0 Å². The summed E-state index contributed by atoms with van der Waals surface area (Å²) < 4.78 is 6.00. The summed E-state index contributed by atoms with van der Waals surface area (Å²) >= 11 is 12.0. The van der Waals surface area contributed by atoms with Crippen LogP contribution in [0.25, 0.3) is 6.08 Å². The standard InChI is InChI=1S/C26H22Cl2N2O2/c1-16-4-7-22(8-5-16)30-26(31)21(14-29)12-20-10-17(2)25(18(3)11-20)32-15-19-6-9-23(27)24(28)13-19/h4-13H,15H2,1-3H3,(H,30,31)/b21-12+. The monoisotopic (exact) mass is 464 g/mol. The van der Waals surface area contributed by atoms with Crippen molar-refractivity contribution in [3.05, 3.63) is 98.0 Å². The van der Waals surface area contributed by atoms with Crippen LogP contribution in [-0.2, 0) is 11.4 Å². The molecule has 1 amide bonds. The molecule has 3 rings (SSSR count). The molecule has 0 spiro atoms. The molecule has 3 aromatic rings. The Morgan fingerprint density at radius 1 is 1.00 bits per heavy atom. The SMILES string of the molecule is Cc1ccc(NC(=O)/C(C#N)=C/c2cc(C)c(OCc3ccc(Cl)c(Cl)c3)c(C)c2)cc1. The summed E-state index contributed by atoms with van der Waals surface area (Å²) in [5, 5.41) is 13.2. The third-order valence-electron chi connectivity index (χ3n) is 4.84. The maximum atomic E-state index is 12.5. The number of aryl methyl sites for hydroxylation is 3. The molecule has 0 aliphatic carbocycles. The van der Waals surface area contributed by atoms with Gasteiger partial charge in [0.05, 0.1) is 10.0 Å². The minimum atomic E-state index is -0.452. The van der Waals surface area contributed by atoms with E-state index in [4.69, 9.17) is 27.9 Å². The number of amides is 1. The maximum Gasteiger partial charge on any atom is 0.266 e. The number of rotatable bonds is 6. The molecule has 0 aliphatic heterocycles. The van der Waals surface area contributed by atoms with E-state index >= 15 is 0 Å². The Hall–Kier alpha value is -3.26. The lowest BCUT2D eigenvalue weighted by Gasteiger charge is -2.14. The number of nitrogens with one attached hydrogen (secondary N) is 1. The normalized spacial score (nSPS) is 11.1. The van der Waals surface area contributed by atoms with E-state index < -0.39 is 5.91 Å². The fourth-order valence-corrected chi connectivity index (χ4v) is 3.55. The highest BCUT2D eigenvalue weighted by molar-refractivity contribution is 6.42.